The van der Waals surface area contributed by atoms with E-state index in [1.807, 2.05) is 6.07 Å². The van der Waals surface area contributed by atoms with Gasteiger partial charge in [0.2, 0.25) is 6.79 Å². The Morgan fingerprint density at radius 1 is 1.11 bits per heavy atom. The van der Waals surface area contributed by atoms with Crippen molar-refractivity contribution in [1.82, 2.24) is 4.90 Å². The summed E-state index contributed by atoms with van der Waals surface area (Å²) in [6.45, 7) is 2.48. The maximum absolute atomic E-state index is 5.74. The van der Waals surface area contributed by atoms with E-state index in [-0.39, 0.29) is 0 Å². The zero-order chi connectivity index (χ0) is 18.2. The molecule has 1 aliphatic carbocycles. The summed E-state index contributed by atoms with van der Waals surface area (Å²) < 4.78 is 16.8. The number of fused-ring (bicyclic) bond motifs is 4. The molecule has 1 aliphatic heterocycles. The van der Waals surface area contributed by atoms with Gasteiger partial charge in [-0.15, -0.1) is 0 Å². The van der Waals surface area contributed by atoms with Gasteiger partial charge in [-0.1, -0.05) is 18.2 Å². The Labute approximate surface area is 159 Å². The van der Waals surface area contributed by atoms with Crippen LogP contribution < -0.4 is 9.47 Å². The Morgan fingerprint density at radius 2 is 2.07 bits per heavy atom. The molecule has 0 amide bonds. The van der Waals surface area contributed by atoms with E-state index in [0.717, 1.165) is 43.0 Å². The SMILES string of the molecule is CN(CCc1ccc2ccoc2c1)C[C@@H]1CCCc2c1ccc1c2OCO1. The van der Waals surface area contributed by atoms with Crippen molar-refractivity contribution < 1.29 is 13.9 Å². The van der Waals surface area contributed by atoms with Crippen molar-refractivity contribution in [3.8, 4) is 11.5 Å². The number of furan rings is 1. The summed E-state index contributed by atoms with van der Waals surface area (Å²) in [5, 5.41) is 1.17. The van der Waals surface area contributed by atoms with Gasteiger partial charge in [0.05, 0.1) is 6.26 Å². The second kappa shape index (κ2) is 6.93. The molecular weight excluding hydrogens is 338 g/mol. The van der Waals surface area contributed by atoms with Gasteiger partial charge in [0.25, 0.3) is 0 Å². The Bertz CT molecular complexity index is 961. The lowest BCUT2D eigenvalue weighted by molar-refractivity contribution is 0.173. The third-order valence-electron chi connectivity index (χ3n) is 5.93. The maximum atomic E-state index is 5.74. The fourth-order valence-corrected chi connectivity index (χ4v) is 4.50. The molecule has 0 saturated carbocycles. The molecule has 0 N–H and O–H groups in total. The molecule has 2 heterocycles. The number of hydrogen-bond donors (Lipinski definition) is 0. The molecule has 5 rings (SSSR count). The molecule has 2 aromatic carbocycles. The lowest BCUT2D eigenvalue weighted by atomic mass is 9.82. The zero-order valence-electron chi connectivity index (χ0n) is 15.7. The average molecular weight is 363 g/mol. The van der Waals surface area contributed by atoms with Crippen LogP contribution in [0.3, 0.4) is 0 Å². The number of likely N-dealkylation sites (N-methyl/N-ethyl adjacent to an activating group) is 1. The predicted molar refractivity (Wildman–Crippen MR) is 106 cm³/mol. The van der Waals surface area contributed by atoms with Crippen molar-refractivity contribution in [3.05, 3.63) is 59.4 Å². The van der Waals surface area contributed by atoms with Crippen molar-refractivity contribution in [2.45, 2.75) is 31.6 Å². The molecular formula is C23H25NO3. The van der Waals surface area contributed by atoms with Crippen LogP contribution in [0.15, 0.2) is 47.1 Å². The standard InChI is InChI=1S/C23H25NO3/c1-24(11-9-16-5-6-17-10-12-25-22(17)13-16)14-18-3-2-4-20-19(18)7-8-21-23(20)27-15-26-21/h5-8,10,12-13,18H,2-4,9,11,14-15H2,1H3/t18-/m0/s1. The van der Waals surface area contributed by atoms with Gasteiger partial charge in [-0.05, 0) is 68.0 Å². The monoisotopic (exact) mass is 363 g/mol. The van der Waals surface area contributed by atoms with E-state index in [2.05, 4.69) is 42.3 Å². The number of hydrogen-bond acceptors (Lipinski definition) is 4. The topological polar surface area (TPSA) is 34.8 Å². The molecule has 0 radical (unpaired) electrons. The average Bonchev–Trinajstić information content (AvgIpc) is 3.35. The van der Waals surface area contributed by atoms with E-state index >= 15 is 0 Å². The molecule has 1 aromatic heterocycles. The molecule has 3 aromatic rings. The Hall–Kier alpha value is -2.46. The Morgan fingerprint density at radius 3 is 3.04 bits per heavy atom. The van der Waals surface area contributed by atoms with Crippen LogP contribution >= 0.6 is 0 Å². The number of ether oxygens (including phenoxy) is 2. The number of rotatable bonds is 5. The van der Waals surface area contributed by atoms with Crippen molar-refractivity contribution in [1.29, 1.82) is 0 Å². The van der Waals surface area contributed by atoms with Crippen LogP contribution in [0.2, 0.25) is 0 Å². The van der Waals surface area contributed by atoms with Crippen LogP contribution in [0.1, 0.15) is 35.4 Å². The van der Waals surface area contributed by atoms with Crippen molar-refractivity contribution in [3.63, 3.8) is 0 Å². The molecule has 1 atom stereocenters. The molecule has 4 nitrogen and oxygen atoms in total. The van der Waals surface area contributed by atoms with Gasteiger partial charge in [0.15, 0.2) is 11.5 Å². The third-order valence-corrected chi connectivity index (χ3v) is 5.93. The van der Waals surface area contributed by atoms with E-state index in [9.17, 15) is 0 Å². The Kier molecular flexibility index (Phi) is 4.29. The first-order chi connectivity index (χ1) is 13.3. The second-order valence-electron chi connectivity index (χ2n) is 7.76. The summed E-state index contributed by atoms with van der Waals surface area (Å²) in [4.78, 5) is 2.46. The first-order valence-corrected chi connectivity index (χ1v) is 9.84. The molecule has 140 valence electrons. The van der Waals surface area contributed by atoms with Gasteiger partial charge in [0, 0.05) is 24.0 Å². The molecule has 0 bridgehead atoms. The highest BCUT2D eigenvalue weighted by Gasteiger charge is 2.28. The fraction of sp³-hybridized carbons (Fsp3) is 0.391. The molecule has 27 heavy (non-hydrogen) atoms. The minimum Gasteiger partial charge on any atom is -0.464 e. The Balaban J connectivity index is 1.26. The predicted octanol–water partition coefficient (Wildman–Crippen LogP) is 4.76. The van der Waals surface area contributed by atoms with Crippen LogP contribution in [0.25, 0.3) is 11.0 Å². The molecule has 2 aliphatic rings. The van der Waals surface area contributed by atoms with Crippen LogP contribution in [0, 0.1) is 0 Å². The van der Waals surface area contributed by atoms with Gasteiger partial charge in [0.1, 0.15) is 5.58 Å². The molecule has 0 unspecified atom stereocenters. The van der Waals surface area contributed by atoms with Crippen molar-refractivity contribution in [2.24, 2.45) is 0 Å². The smallest absolute Gasteiger partial charge is 0.231 e. The van der Waals surface area contributed by atoms with Gasteiger partial charge in [-0.25, -0.2) is 0 Å². The lowest BCUT2D eigenvalue weighted by Gasteiger charge is -2.30. The molecule has 0 spiro atoms. The lowest BCUT2D eigenvalue weighted by Crippen LogP contribution is -2.28. The number of nitrogens with zero attached hydrogens (tertiary/aromatic N) is 1. The summed E-state index contributed by atoms with van der Waals surface area (Å²) in [5.74, 6) is 2.48. The van der Waals surface area contributed by atoms with E-state index in [4.69, 9.17) is 13.9 Å². The maximum Gasteiger partial charge on any atom is 0.231 e. The van der Waals surface area contributed by atoms with Gasteiger partial charge >= 0.3 is 0 Å². The summed E-state index contributed by atoms with van der Waals surface area (Å²) in [7, 11) is 2.23. The number of benzene rings is 2. The molecule has 0 saturated heterocycles. The van der Waals surface area contributed by atoms with Gasteiger partial charge < -0.3 is 18.8 Å². The van der Waals surface area contributed by atoms with E-state index < -0.39 is 0 Å². The van der Waals surface area contributed by atoms with E-state index in [1.165, 1.54) is 34.9 Å². The van der Waals surface area contributed by atoms with Crippen molar-refractivity contribution >= 4 is 11.0 Å². The largest absolute Gasteiger partial charge is 0.464 e. The summed E-state index contributed by atoms with van der Waals surface area (Å²) in [6.07, 6.45) is 6.36. The highest BCUT2D eigenvalue weighted by atomic mass is 16.7. The normalized spacial score (nSPS) is 18.2. The molecule has 0 fully saturated rings. The second-order valence-corrected chi connectivity index (χ2v) is 7.76. The summed E-state index contributed by atoms with van der Waals surface area (Å²) in [6, 6.07) is 12.9. The van der Waals surface area contributed by atoms with Crippen LogP contribution in [-0.2, 0) is 12.8 Å². The quantitative estimate of drug-likeness (QED) is 0.655. The van der Waals surface area contributed by atoms with Gasteiger partial charge in [-0.2, -0.15) is 0 Å². The fourth-order valence-electron chi connectivity index (χ4n) is 4.50. The minimum atomic E-state index is 0.358. The van der Waals surface area contributed by atoms with Crippen LogP contribution in [0.5, 0.6) is 11.5 Å². The van der Waals surface area contributed by atoms with Crippen molar-refractivity contribution in [2.75, 3.05) is 26.9 Å². The molecule has 4 heteroatoms. The first-order valence-electron chi connectivity index (χ1n) is 9.84. The first kappa shape index (κ1) is 16.7. The van der Waals surface area contributed by atoms with Crippen LogP contribution in [0.4, 0.5) is 0 Å². The van der Waals surface area contributed by atoms with E-state index in [0.29, 0.717) is 12.7 Å². The summed E-state index contributed by atoms with van der Waals surface area (Å²) in [5.41, 5.74) is 5.14. The summed E-state index contributed by atoms with van der Waals surface area (Å²) >= 11 is 0. The van der Waals surface area contributed by atoms with Gasteiger partial charge in [-0.3, -0.25) is 0 Å². The minimum absolute atomic E-state index is 0.358. The highest BCUT2D eigenvalue weighted by molar-refractivity contribution is 5.77. The van der Waals surface area contributed by atoms with Crippen LogP contribution in [-0.4, -0.2) is 31.8 Å². The zero-order valence-corrected chi connectivity index (χ0v) is 15.7. The third kappa shape index (κ3) is 3.19. The highest BCUT2D eigenvalue weighted by Crippen LogP contribution is 2.44. The van der Waals surface area contributed by atoms with E-state index in [1.54, 1.807) is 6.26 Å².